The molecule has 23 heavy (non-hydrogen) atoms. The van der Waals surface area contributed by atoms with E-state index in [1.165, 1.54) is 0 Å². The Morgan fingerprint density at radius 1 is 0.609 bits per heavy atom. The minimum Gasteiger partial charge on any atom is -0.392 e. The van der Waals surface area contributed by atoms with Gasteiger partial charge in [0.2, 0.25) is 0 Å². The Morgan fingerprint density at radius 3 is 1.52 bits per heavy atom. The molecule has 3 aromatic carbocycles. The van der Waals surface area contributed by atoms with Gasteiger partial charge < -0.3 is 10.2 Å². The Labute approximate surface area is 136 Å². The van der Waals surface area contributed by atoms with Gasteiger partial charge in [-0.25, -0.2) is 0 Å². The van der Waals surface area contributed by atoms with E-state index in [9.17, 15) is 10.2 Å². The maximum absolute atomic E-state index is 11.5. The predicted molar refractivity (Wildman–Crippen MR) is 92.0 cm³/mol. The van der Waals surface area contributed by atoms with Crippen molar-refractivity contribution in [1.29, 1.82) is 0 Å². The van der Waals surface area contributed by atoms with Crippen LogP contribution in [0.5, 0.6) is 0 Å². The third-order valence-corrected chi connectivity index (χ3v) is 4.24. The van der Waals surface area contributed by atoms with Gasteiger partial charge in [0.1, 0.15) is 5.60 Å². The Kier molecular flexibility index (Phi) is 4.56. The van der Waals surface area contributed by atoms with Crippen LogP contribution >= 0.6 is 0 Å². The first kappa shape index (κ1) is 15.5. The summed E-state index contributed by atoms with van der Waals surface area (Å²) in [5, 5.41) is 21.1. The molecule has 0 unspecified atom stereocenters. The number of hydrogen-bond donors (Lipinski definition) is 2. The fourth-order valence-electron chi connectivity index (χ4n) is 2.96. The molecular formula is C21H20O2. The molecule has 0 bridgehead atoms. The summed E-state index contributed by atoms with van der Waals surface area (Å²) in [7, 11) is 0. The van der Waals surface area contributed by atoms with Crippen molar-refractivity contribution < 1.29 is 10.2 Å². The lowest BCUT2D eigenvalue weighted by molar-refractivity contribution is 0.0805. The molecule has 0 aliphatic carbocycles. The van der Waals surface area contributed by atoms with Gasteiger partial charge in [-0.15, -0.1) is 0 Å². The Balaban J connectivity index is 2.10. The zero-order valence-corrected chi connectivity index (χ0v) is 12.9. The number of benzene rings is 3. The van der Waals surface area contributed by atoms with E-state index in [1.807, 2.05) is 84.9 Å². The summed E-state index contributed by atoms with van der Waals surface area (Å²) in [6.07, 6.45) is 0.414. The molecule has 0 spiro atoms. The van der Waals surface area contributed by atoms with Crippen LogP contribution in [0, 0.1) is 0 Å². The highest BCUT2D eigenvalue weighted by Gasteiger charge is 2.32. The van der Waals surface area contributed by atoms with Crippen molar-refractivity contribution in [2.45, 2.75) is 18.6 Å². The van der Waals surface area contributed by atoms with Crippen molar-refractivity contribution >= 4 is 0 Å². The van der Waals surface area contributed by atoms with Gasteiger partial charge in [0.15, 0.2) is 0 Å². The molecule has 0 aliphatic rings. The highest BCUT2D eigenvalue weighted by molar-refractivity contribution is 5.40. The van der Waals surface area contributed by atoms with Crippen molar-refractivity contribution in [3.8, 4) is 0 Å². The van der Waals surface area contributed by atoms with Gasteiger partial charge in [-0.3, -0.25) is 0 Å². The number of aliphatic hydroxyl groups is 2. The molecule has 3 rings (SSSR count). The first-order chi connectivity index (χ1) is 11.2. The van der Waals surface area contributed by atoms with Crippen LogP contribution in [-0.2, 0) is 18.6 Å². The van der Waals surface area contributed by atoms with Gasteiger partial charge in [0.25, 0.3) is 0 Å². The largest absolute Gasteiger partial charge is 0.392 e. The first-order valence-electron chi connectivity index (χ1n) is 7.75. The van der Waals surface area contributed by atoms with Gasteiger partial charge in [-0.2, -0.15) is 0 Å². The quantitative estimate of drug-likeness (QED) is 0.755. The maximum atomic E-state index is 11.5. The molecule has 116 valence electrons. The van der Waals surface area contributed by atoms with E-state index in [0.717, 1.165) is 22.3 Å². The highest BCUT2D eigenvalue weighted by atomic mass is 16.3. The molecule has 0 saturated heterocycles. The van der Waals surface area contributed by atoms with Crippen LogP contribution in [0.25, 0.3) is 0 Å². The standard InChI is InChI=1S/C21H20O2/c22-16-18-10-8-7-9-17(18)15-21(23,19-11-3-1-4-12-19)20-13-5-2-6-14-20/h1-14,22-23H,15-16H2. The van der Waals surface area contributed by atoms with Gasteiger partial charge in [-0.05, 0) is 22.3 Å². The summed E-state index contributed by atoms with van der Waals surface area (Å²) < 4.78 is 0. The van der Waals surface area contributed by atoms with Crippen molar-refractivity contribution in [2.24, 2.45) is 0 Å². The molecule has 0 amide bonds. The zero-order valence-electron chi connectivity index (χ0n) is 12.9. The van der Waals surface area contributed by atoms with Crippen LogP contribution in [0.1, 0.15) is 22.3 Å². The van der Waals surface area contributed by atoms with Crippen LogP contribution in [0.4, 0.5) is 0 Å². The molecule has 2 heteroatoms. The molecule has 2 nitrogen and oxygen atoms in total. The van der Waals surface area contributed by atoms with Gasteiger partial charge >= 0.3 is 0 Å². The van der Waals surface area contributed by atoms with Crippen LogP contribution in [0.2, 0.25) is 0 Å². The average molecular weight is 304 g/mol. The third kappa shape index (κ3) is 3.19. The highest BCUT2D eigenvalue weighted by Crippen LogP contribution is 2.34. The summed E-state index contributed by atoms with van der Waals surface area (Å²) in [6, 6.07) is 27.1. The lowest BCUT2D eigenvalue weighted by atomic mass is 9.80. The maximum Gasteiger partial charge on any atom is 0.119 e. The van der Waals surface area contributed by atoms with Crippen molar-refractivity contribution in [3.63, 3.8) is 0 Å². The average Bonchev–Trinajstić information content (AvgIpc) is 2.63. The monoisotopic (exact) mass is 304 g/mol. The minimum atomic E-state index is -1.13. The smallest absolute Gasteiger partial charge is 0.119 e. The van der Waals surface area contributed by atoms with Gasteiger partial charge in [0.05, 0.1) is 6.61 Å². The Bertz CT molecular complexity index is 712. The molecule has 0 radical (unpaired) electrons. The SMILES string of the molecule is OCc1ccccc1CC(O)(c1ccccc1)c1ccccc1. The predicted octanol–water partition coefficient (Wildman–Crippen LogP) is 3.66. The fraction of sp³-hybridized carbons (Fsp3) is 0.143. The Morgan fingerprint density at radius 2 is 1.04 bits per heavy atom. The molecule has 2 N–H and O–H groups in total. The van der Waals surface area contributed by atoms with Crippen LogP contribution in [0.15, 0.2) is 84.9 Å². The van der Waals surface area contributed by atoms with E-state index in [0.29, 0.717) is 6.42 Å². The van der Waals surface area contributed by atoms with E-state index >= 15 is 0 Å². The minimum absolute atomic E-state index is 0.0319. The molecule has 3 aromatic rings. The van der Waals surface area contributed by atoms with Gasteiger partial charge in [-0.1, -0.05) is 84.9 Å². The van der Waals surface area contributed by atoms with Crippen LogP contribution < -0.4 is 0 Å². The van der Waals surface area contributed by atoms with E-state index in [-0.39, 0.29) is 6.61 Å². The molecule has 0 saturated carbocycles. The lowest BCUT2D eigenvalue weighted by Crippen LogP contribution is -2.30. The topological polar surface area (TPSA) is 40.5 Å². The van der Waals surface area contributed by atoms with E-state index in [2.05, 4.69) is 0 Å². The van der Waals surface area contributed by atoms with Crippen LogP contribution in [0.3, 0.4) is 0 Å². The fourth-order valence-corrected chi connectivity index (χ4v) is 2.96. The summed E-state index contributed by atoms with van der Waals surface area (Å²) in [4.78, 5) is 0. The van der Waals surface area contributed by atoms with E-state index in [1.54, 1.807) is 0 Å². The molecule has 0 fully saturated rings. The van der Waals surface area contributed by atoms with E-state index in [4.69, 9.17) is 0 Å². The molecule has 0 aliphatic heterocycles. The number of hydrogen-bond acceptors (Lipinski definition) is 2. The summed E-state index contributed by atoms with van der Waals surface area (Å²) in [6.45, 7) is -0.0319. The normalized spacial score (nSPS) is 11.4. The van der Waals surface area contributed by atoms with E-state index < -0.39 is 5.60 Å². The molecule has 0 aromatic heterocycles. The summed E-state index contributed by atoms with van der Waals surface area (Å²) in [5.74, 6) is 0. The van der Waals surface area contributed by atoms with Crippen molar-refractivity contribution in [3.05, 3.63) is 107 Å². The zero-order chi connectivity index (χ0) is 16.1. The molecular weight excluding hydrogens is 284 g/mol. The first-order valence-corrected chi connectivity index (χ1v) is 7.75. The molecule has 0 atom stereocenters. The second-order valence-electron chi connectivity index (χ2n) is 5.70. The van der Waals surface area contributed by atoms with Crippen LogP contribution in [-0.4, -0.2) is 10.2 Å². The third-order valence-electron chi connectivity index (χ3n) is 4.24. The lowest BCUT2D eigenvalue weighted by Gasteiger charge is -2.30. The molecule has 0 heterocycles. The second-order valence-corrected chi connectivity index (χ2v) is 5.70. The van der Waals surface area contributed by atoms with Gasteiger partial charge in [0, 0.05) is 6.42 Å². The summed E-state index contributed by atoms with van der Waals surface area (Å²) >= 11 is 0. The Hall–Kier alpha value is -2.42. The van der Waals surface area contributed by atoms with Crippen molar-refractivity contribution in [2.75, 3.05) is 0 Å². The summed E-state index contributed by atoms with van der Waals surface area (Å²) in [5.41, 5.74) is 2.36. The second kappa shape index (κ2) is 6.78. The number of rotatable bonds is 5. The number of aliphatic hydroxyl groups excluding tert-OH is 1. The van der Waals surface area contributed by atoms with Crippen molar-refractivity contribution in [1.82, 2.24) is 0 Å².